The molecule has 0 radical (unpaired) electrons. The summed E-state index contributed by atoms with van der Waals surface area (Å²) in [6, 6.07) is 0. The van der Waals surface area contributed by atoms with Crippen molar-refractivity contribution < 1.29 is 19.5 Å². The third-order valence-electron chi connectivity index (χ3n) is 1.38. The van der Waals surface area contributed by atoms with Crippen LogP contribution in [-0.2, 0) is 14.4 Å². The number of unbranched alkanes of at least 4 members (excludes halogenated alkanes) is 1. The molecule has 0 rings (SSSR count). The van der Waals surface area contributed by atoms with Crippen molar-refractivity contribution in [3.05, 3.63) is 0 Å². The average molecular weight is 189 g/mol. The molecule has 1 amide bonds. The van der Waals surface area contributed by atoms with Gasteiger partial charge >= 0.3 is 5.97 Å². The normalized spacial score (nSPS) is 9.69. The van der Waals surface area contributed by atoms with Gasteiger partial charge < -0.3 is 5.11 Å². The molecule has 0 atom stereocenters. The lowest BCUT2D eigenvalue weighted by Gasteiger charge is -2.17. The minimum atomic E-state index is -1.08. The van der Waals surface area contributed by atoms with Crippen molar-refractivity contribution in [2.24, 2.45) is 0 Å². The molecule has 0 aromatic heterocycles. The van der Waals surface area contributed by atoms with Crippen molar-refractivity contribution in [1.82, 2.24) is 5.06 Å². The predicted molar refractivity (Wildman–Crippen MR) is 45.9 cm³/mol. The minimum Gasteiger partial charge on any atom is -0.480 e. The zero-order valence-electron chi connectivity index (χ0n) is 7.95. The van der Waals surface area contributed by atoms with Gasteiger partial charge in [0.2, 0.25) is 5.91 Å². The average Bonchev–Trinajstić information content (AvgIpc) is 2.02. The van der Waals surface area contributed by atoms with Crippen LogP contribution in [0.3, 0.4) is 0 Å². The Balaban J connectivity index is 3.81. The Bertz CT molecular complexity index is 181. The Morgan fingerprint density at radius 2 is 2.08 bits per heavy atom. The second-order valence-electron chi connectivity index (χ2n) is 2.64. The van der Waals surface area contributed by atoms with Crippen molar-refractivity contribution in [3.63, 3.8) is 0 Å². The van der Waals surface area contributed by atoms with Crippen LogP contribution in [0.1, 0.15) is 26.7 Å². The van der Waals surface area contributed by atoms with Gasteiger partial charge in [-0.3, -0.25) is 14.4 Å². The number of carboxylic acid groups (broad SMARTS) is 1. The lowest BCUT2D eigenvalue weighted by atomic mass is 10.4. The van der Waals surface area contributed by atoms with Gasteiger partial charge in [-0.15, -0.1) is 0 Å². The summed E-state index contributed by atoms with van der Waals surface area (Å²) in [5, 5.41) is 9.27. The minimum absolute atomic E-state index is 0.378. The Kier molecular flexibility index (Phi) is 5.88. The molecule has 76 valence electrons. The predicted octanol–water partition coefficient (Wildman–Crippen LogP) is 0.651. The van der Waals surface area contributed by atoms with Gasteiger partial charge in [-0.1, -0.05) is 13.3 Å². The second-order valence-corrected chi connectivity index (χ2v) is 2.64. The number of carbonyl (C=O) groups is 2. The Hall–Kier alpha value is -1.10. The van der Waals surface area contributed by atoms with Crippen LogP contribution in [0.2, 0.25) is 0 Å². The van der Waals surface area contributed by atoms with Crippen molar-refractivity contribution in [1.29, 1.82) is 0 Å². The number of nitrogens with zero attached hydrogens (tertiary/aromatic N) is 1. The van der Waals surface area contributed by atoms with E-state index in [2.05, 4.69) is 0 Å². The third kappa shape index (κ3) is 6.10. The quantitative estimate of drug-likeness (QED) is 0.492. The van der Waals surface area contributed by atoms with Gasteiger partial charge in [-0.2, -0.15) is 0 Å². The highest BCUT2D eigenvalue weighted by atomic mass is 16.7. The molecule has 0 unspecified atom stereocenters. The first-order valence-corrected chi connectivity index (χ1v) is 4.20. The molecule has 0 aromatic carbocycles. The molecule has 0 bridgehead atoms. The maximum Gasteiger partial charge on any atom is 0.325 e. The van der Waals surface area contributed by atoms with Crippen molar-refractivity contribution in [3.8, 4) is 0 Å². The first-order chi connectivity index (χ1) is 6.07. The summed E-state index contributed by atoms with van der Waals surface area (Å²) >= 11 is 0. The highest BCUT2D eigenvalue weighted by Gasteiger charge is 2.12. The van der Waals surface area contributed by atoms with Gasteiger partial charge in [0, 0.05) is 6.92 Å². The standard InChI is InChI=1S/C8H15NO4/c1-3-4-5-13-9(7(2)10)6-8(11)12/h3-6H2,1-2H3,(H,11,12). The molecule has 0 aromatic rings. The molecule has 0 saturated heterocycles. The van der Waals surface area contributed by atoms with Crippen LogP contribution in [0.4, 0.5) is 0 Å². The van der Waals surface area contributed by atoms with E-state index in [0.29, 0.717) is 6.61 Å². The molecular formula is C8H15NO4. The molecule has 13 heavy (non-hydrogen) atoms. The van der Waals surface area contributed by atoms with E-state index in [1.165, 1.54) is 6.92 Å². The molecule has 1 N–H and O–H groups in total. The van der Waals surface area contributed by atoms with Gasteiger partial charge in [0.25, 0.3) is 0 Å². The zero-order valence-corrected chi connectivity index (χ0v) is 7.95. The van der Waals surface area contributed by atoms with E-state index in [9.17, 15) is 9.59 Å². The number of hydroxylamine groups is 2. The van der Waals surface area contributed by atoms with Crippen molar-refractivity contribution >= 4 is 11.9 Å². The van der Waals surface area contributed by atoms with Gasteiger partial charge in [-0.25, -0.2) is 5.06 Å². The van der Waals surface area contributed by atoms with Gasteiger partial charge in [0.05, 0.1) is 6.61 Å². The van der Waals surface area contributed by atoms with Crippen LogP contribution in [0.15, 0.2) is 0 Å². The molecule has 0 fully saturated rings. The maximum absolute atomic E-state index is 10.8. The van der Waals surface area contributed by atoms with E-state index in [1.54, 1.807) is 0 Å². The second kappa shape index (κ2) is 6.42. The lowest BCUT2D eigenvalue weighted by Crippen LogP contribution is -2.34. The zero-order chi connectivity index (χ0) is 10.3. The highest BCUT2D eigenvalue weighted by molar-refractivity contribution is 5.78. The number of carboxylic acids is 1. The van der Waals surface area contributed by atoms with Crippen molar-refractivity contribution in [2.45, 2.75) is 26.7 Å². The van der Waals surface area contributed by atoms with E-state index in [1.807, 2.05) is 6.92 Å². The van der Waals surface area contributed by atoms with Crippen LogP contribution < -0.4 is 0 Å². The van der Waals surface area contributed by atoms with Crippen LogP contribution in [0, 0.1) is 0 Å². The number of amides is 1. The molecule has 0 saturated carbocycles. The fourth-order valence-electron chi connectivity index (χ4n) is 0.690. The molecule has 0 aliphatic carbocycles. The molecule has 0 aliphatic rings. The topological polar surface area (TPSA) is 66.8 Å². The number of hydrogen-bond donors (Lipinski definition) is 1. The SMILES string of the molecule is CCCCON(CC(=O)O)C(C)=O. The van der Waals surface area contributed by atoms with Gasteiger partial charge in [-0.05, 0) is 6.42 Å². The molecule has 0 heterocycles. The summed E-state index contributed by atoms with van der Waals surface area (Å²) in [6.07, 6.45) is 1.75. The fraction of sp³-hybridized carbons (Fsp3) is 0.750. The number of carbonyl (C=O) groups excluding carboxylic acids is 1. The first kappa shape index (κ1) is 11.9. The van der Waals surface area contributed by atoms with Crippen LogP contribution in [0.5, 0.6) is 0 Å². The summed E-state index contributed by atoms with van der Waals surface area (Å²) < 4.78 is 0. The van der Waals surface area contributed by atoms with E-state index in [-0.39, 0.29) is 0 Å². The number of aliphatic carboxylic acids is 1. The Labute approximate surface area is 77.2 Å². The monoisotopic (exact) mass is 189 g/mol. The summed E-state index contributed by atoms with van der Waals surface area (Å²) in [5.74, 6) is -1.47. The van der Waals surface area contributed by atoms with E-state index in [4.69, 9.17) is 9.94 Å². The molecule has 0 aliphatic heterocycles. The van der Waals surface area contributed by atoms with Crippen LogP contribution >= 0.6 is 0 Å². The van der Waals surface area contributed by atoms with Gasteiger partial charge in [0.15, 0.2) is 0 Å². The first-order valence-electron chi connectivity index (χ1n) is 4.20. The number of rotatable bonds is 6. The van der Waals surface area contributed by atoms with E-state index < -0.39 is 18.4 Å². The van der Waals surface area contributed by atoms with Crippen LogP contribution in [0.25, 0.3) is 0 Å². The Morgan fingerprint density at radius 1 is 1.46 bits per heavy atom. The lowest BCUT2D eigenvalue weighted by molar-refractivity contribution is -0.190. The van der Waals surface area contributed by atoms with E-state index in [0.717, 1.165) is 17.9 Å². The molecule has 5 heteroatoms. The molecular weight excluding hydrogens is 174 g/mol. The van der Waals surface area contributed by atoms with Crippen molar-refractivity contribution in [2.75, 3.05) is 13.2 Å². The summed E-state index contributed by atoms with van der Waals surface area (Å²) in [5.41, 5.74) is 0. The molecule has 0 spiro atoms. The largest absolute Gasteiger partial charge is 0.480 e. The maximum atomic E-state index is 10.8. The fourth-order valence-corrected chi connectivity index (χ4v) is 0.690. The van der Waals surface area contributed by atoms with Gasteiger partial charge in [0.1, 0.15) is 6.54 Å². The smallest absolute Gasteiger partial charge is 0.325 e. The number of hydrogen-bond acceptors (Lipinski definition) is 3. The summed E-state index contributed by atoms with van der Waals surface area (Å²) in [6.45, 7) is 3.23. The Morgan fingerprint density at radius 3 is 2.46 bits per heavy atom. The highest BCUT2D eigenvalue weighted by Crippen LogP contribution is 1.95. The van der Waals surface area contributed by atoms with E-state index >= 15 is 0 Å². The molecule has 5 nitrogen and oxygen atoms in total. The van der Waals surface area contributed by atoms with Crippen LogP contribution in [-0.4, -0.2) is 35.2 Å². The summed E-state index contributed by atoms with van der Waals surface area (Å²) in [4.78, 5) is 26.0. The summed E-state index contributed by atoms with van der Waals surface area (Å²) in [7, 11) is 0. The third-order valence-corrected chi connectivity index (χ3v) is 1.38.